The number of aryl methyl sites for hydroxylation is 1. The molecule has 2 aliphatic heterocycles. The number of benzene rings is 1. The minimum atomic E-state index is -3.13. The molecular weight excluding hydrogens is 398 g/mol. The summed E-state index contributed by atoms with van der Waals surface area (Å²) in [5.41, 5.74) is -0.110. The van der Waals surface area contributed by atoms with Crippen molar-refractivity contribution >= 4 is 27.7 Å². The second-order valence-electron chi connectivity index (χ2n) is 7.67. The van der Waals surface area contributed by atoms with Crippen molar-refractivity contribution in [1.82, 2.24) is 15.5 Å². The van der Waals surface area contributed by atoms with Gasteiger partial charge in [0.15, 0.2) is 9.84 Å². The van der Waals surface area contributed by atoms with Crippen molar-refractivity contribution in [2.24, 2.45) is 0 Å². The van der Waals surface area contributed by atoms with Gasteiger partial charge in [-0.1, -0.05) is 12.1 Å². The van der Waals surface area contributed by atoms with Gasteiger partial charge < -0.3 is 15.4 Å². The summed E-state index contributed by atoms with van der Waals surface area (Å²) in [6.45, 7) is 1.21. The van der Waals surface area contributed by atoms with Crippen LogP contribution < -0.4 is 15.4 Å². The first kappa shape index (κ1) is 21.1. The lowest BCUT2D eigenvalue weighted by Gasteiger charge is -2.22. The normalized spacial score (nSPS) is 25.7. The minimum absolute atomic E-state index is 0.0323. The largest absolute Gasteiger partial charge is 0.497 e. The Labute approximate surface area is 169 Å². The van der Waals surface area contributed by atoms with Gasteiger partial charge in [0.2, 0.25) is 5.91 Å². The monoisotopic (exact) mass is 423 g/mol. The molecule has 0 radical (unpaired) electrons. The number of rotatable bonds is 7. The number of sulfone groups is 1. The molecule has 2 saturated heterocycles. The molecule has 10 heteroatoms. The lowest BCUT2D eigenvalue weighted by molar-refractivity contribution is -0.134. The summed E-state index contributed by atoms with van der Waals surface area (Å²) in [6.07, 6.45) is 1.28. The first-order valence-corrected chi connectivity index (χ1v) is 11.2. The predicted molar refractivity (Wildman–Crippen MR) is 105 cm³/mol. The van der Waals surface area contributed by atoms with Gasteiger partial charge in [-0.05, 0) is 43.9 Å². The van der Waals surface area contributed by atoms with E-state index in [0.717, 1.165) is 16.2 Å². The maximum atomic E-state index is 12.8. The fourth-order valence-corrected chi connectivity index (χ4v) is 5.25. The average molecular weight is 423 g/mol. The second kappa shape index (κ2) is 8.02. The van der Waals surface area contributed by atoms with Crippen LogP contribution in [0.5, 0.6) is 5.75 Å². The third-order valence-electron chi connectivity index (χ3n) is 5.32. The number of methoxy groups -OCH3 is 1. The topological polar surface area (TPSA) is 122 Å². The van der Waals surface area contributed by atoms with Crippen LogP contribution in [-0.4, -0.2) is 67.9 Å². The van der Waals surface area contributed by atoms with E-state index in [0.29, 0.717) is 19.3 Å². The Bertz CT molecular complexity index is 914. The lowest BCUT2D eigenvalue weighted by Crippen LogP contribution is -2.46. The zero-order valence-electron chi connectivity index (χ0n) is 16.4. The average Bonchev–Trinajstić information content (AvgIpc) is 3.11. The zero-order valence-corrected chi connectivity index (χ0v) is 17.3. The number of hydrogen-bond donors (Lipinski definition) is 2. The highest BCUT2D eigenvalue weighted by Gasteiger charge is 2.48. The smallest absolute Gasteiger partial charge is 0.325 e. The summed E-state index contributed by atoms with van der Waals surface area (Å²) in [5.74, 6) is -0.360. The van der Waals surface area contributed by atoms with E-state index < -0.39 is 45.8 Å². The molecule has 0 saturated carbocycles. The number of carbonyl (C=O) groups is 3. The molecule has 2 atom stereocenters. The summed E-state index contributed by atoms with van der Waals surface area (Å²) < 4.78 is 28.1. The summed E-state index contributed by atoms with van der Waals surface area (Å²) >= 11 is 0. The molecule has 2 aliphatic rings. The molecule has 0 aliphatic carbocycles. The summed E-state index contributed by atoms with van der Waals surface area (Å²) in [5, 5.41) is 5.27. The fourth-order valence-electron chi connectivity index (χ4n) is 3.57. The van der Waals surface area contributed by atoms with E-state index in [4.69, 9.17) is 4.74 Å². The van der Waals surface area contributed by atoms with Crippen molar-refractivity contribution in [1.29, 1.82) is 0 Å². The van der Waals surface area contributed by atoms with Crippen LogP contribution in [0.4, 0.5) is 4.79 Å². The van der Waals surface area contributed by atoms with E-state index in [1.807, 2.05) is 24.3 Å². The molecular formula is C19H25N3O6S. The lowest BCUT2D eigenvalue weighted by atomic mass is 9.93. The highest BCUT2D eigenvalue weighted by Crippen LogP contribution is 2.24. The molecule has 0 unspecified atom stereocenters. The van der Waals surface area contributed by atoms with Gasteiger partial charge in [0.1, 0.15) is 17.8 Å². The van der Waals surface area contributed by atoms with E-state index in [2.05, 4.69) is 10.6 Å². The number of ether oxygens (including phenoxy) is 1. The molecule has 1 aromatic carbocycles. The van der Waals surface area contributed by atoms with Crippen molar-refractivity contribution in [3.8, 4) is 5.75 Å². The molecule has 9 nitrogen and oxygen atoms in total. The molecule has 0 spiro atoms. The number of nitrogens with zero attached hydrogens (tertiary/aromatic N) is 1. The first-order chi connectivity index (χ1) is 13.6. The molecule has 29 heavy (non-hydrogen) atoms. The van der Waals surface area contributed by atoms with Crippen molar-refractivity contribution in [3.05, 3.63) is 29.8 Å². The van der Waals surface area contributed by atoms with Crippen molar-refractivity contribution in [2.75, 3.05) is 25.2 Å². The van der Waals surface area contributed by atoms with Gasteiger partial charge in [-0.3, -0.25) is 14.5 Å². The Balaban J connectivity index is 1.57. The van der Waals surface area contributed by atoms with Crippen LogP contribution in [0.3, 0.4) is 0 Å². The molecule has 3 rings (SSSR count). The van der Waals surface area contributed by atoms with Gasteiger partial charge >= 0.3 is 6.03 Å². The van der Waals surface area contributed by atoms with Crippen LogP contribution in [-0.2, 0) is 25.8 Å². The van der Waals surface area contributed by atoms with Crippen molar-refractivity contribution in [3.63, 3.8) is 0 Å². The molecule has 2 fully saturated rings. The van der Waals surface area contributed by atoms with Gasteiger partial charge in [0, 0.05) is 6.04 Å². The Morgan fingerprint density at radius 3 is 2.59 bits per heavy atom. The summed E-state index contributed by atoms with van der Waals surface area (Å²) in [6, 6.07) is 6.34. The SMILES string of the molecule is COc1ccc(CC[C@]2(C)NC(=O)N(CC(=O)N[C@H]3CCS(=O)(=O)C3)C2=O)cc1. The van der Waals surface area contributed by atoms with E-state index in [1.54, 1.807) is 14.0 Å². The Hall–Kier alpha value is -2.62. The van der Waals surface area contributed by atoms with Crippen LogP contribution in [0.1, 0.15) is 25.3 Å². The summed E-state index contributed by atoms with van der Waals surface area (Å²) in [4.78, 5) is 38.2. The number of nitrogens with one attached hydrogen (secondary N) is 2. The van der Waals surface area contributed by atoms with Crippen LogP contribution in [0.25, 0.3) is 0 Å². The van der Waals surface area contributed by atoms with Crippen LogP contribution in [0.15, 0.2) is 24.3 Å². The molecule has 1 aromatic rings. The number of amides is 4. The third kappa shape index (κ3) is 4.87. The molecule has 2 heterocycles. The number of carbonyl (C=O) groups excluding carboxylic acids is 3. The maximum Gasteiger partial charge on any atom is 0.325 e. The quantitative estimate of drug-likeness (QED) is 0.606. The fraction of sp³-hybridized carbons (Fsp3) is 0.526. The van der Waals surface area contributed by atoms with Crippen molar-refractivity contribution < 1.29 is 27.5 Å². The predicted octanol–water partition coefficient (Wildman–Crippen LogP) is 0.242. The molecule has 4 amide bonds. The van der Waals surface area contributed by atoms with Gasteiger partial charge in [-0.2, -0.15) is 0 Å². The standard InChI is InChI=1S/C19H25N3O6S/c1-19(9-7-13-3-5-15(28-2)6-4-13)17(24)22(18(25)21-19)11-16(23)20-14-8-10-29(26,27)12-14/h3-6,14H,7-12H2,1-2H3,(H,20,23)(H,21,25)/t14-,19-/m0/s1. The Kier molecular flexibility index (Phi) is 5.83. The van der Waals surface area contributed by atoms with Crippen LogP contribution in [0.2, 0.25) is 0 Å². The van der Waals surface area contributed by atoms with E-state index >= 15 is 0 Å². The molecule has 0 bridgehead atoms. The van der Waals surface area contributed by atoms with Gasteiger partial charge in [0.25, 0.3) is 5.91 Å². The first-order valence-electron chi connectivity index (χ1n) is 9.39. The minimum Gasteiger partial charge on any atom is -0.497 e. The number of urea groups is 1. The van der Waals surface area contributed by atoms with E-state index in [1.165, 1.54) is 0 Å². The number of imide groups is 1. The third-order valence-corrected chi connectivity index (χ3v) is 7.09. The Morgan fingerprint density at radius 1 is 1.31 bits per heavy atom. The molecule has 0 aromatic heterocycles. The van der Waals surface area contributed by atoms with E-state index in [-0.39, 0.29) is 11.5 Å². The highest BCUT2D eigenvalue weighted by molar-refractivity contribution is 7.91. The number of hydrogen-bond acceptors (Lipinski definition) is 6. The summed E-state index contributed by atoms with van der Waals surface area (Å²) in [7, 11) is -1.55. The van der Waals surface area contributed by atoms with Crippen LogP contribution >= 0.6 is 0 Å². The zero-order chi connectivity index (χ0) is 21.2. The molecule has 158 valence electrons. The highest BCUT2D eigenvalue weighted by atomic mass is 32.2. The van der Waals surface area contributed by atoms with Gasteiger partial charge in [0.05, 0.1) is 18.6 Å². The maximum absolute atomic E-state index is 12.8. The molecule has 2 N–H and O–H groups in total. The van der Waals surface area contributed by atoms with Gasteiger partial charge in [-0.25, -0.2) is 13.2 Å². The Morgan fingerprint density at radius 2 is 2.00 bits per heavy atom. The van der Waals surface area contributed by atoms with E-state index in [9.17, 15) is 22.8 Å². The van der Waals surface area contributed by atoms with Crippen LogP contribution in [0, 0.1) is 0 Å². The van der Waals surface area contributed by atoms with Gasteiger partial charge in [-0.15, -0.1) is 0 Å². The second-order valence-corrected chi connectivity index (χ2v) is 9.90. The van der Waals surface area contributed by atoms with Crippen molar-refractivity contribution in [2.45, 2.75) is 37.8 Å².